The SMILES string of the molecule is C=Cc1cccc2ccc(C(=O)OC)cc12. The van der Waals surface area contributed by atoms with Crippen LogP contribution in [0.15, 0.2) is 43.0 Å². The van der Waals surface area contributed by atoms with Gasteiger partial charge in [-0.3, -0.25) is 0 Å². The molecule has 0 atom stereocenters. The predicted octanol–water partition coefficient (Wildman–Crippen LogP) is 3.27. The van der Waals surface area contributed by atoms with Crippen molar-refractivity contribution in [2.75, 3.05) is 7.11 Å². The van der Waals surface area contributed by atoms with Gasteiger partial charge in [0.15, 0.2) is 0 Å². The van der Waals surface area contributed by atoms with Gasteiger partial charge in [0, 0.05) is 0 Å². The second kappa shape index (κ2) is 4.19. The van der Waals surface area contributed by atoms with E-state index in [1.165, 1.54) is 7.11 Å². The van der Waals surface area contributed by atoms with Gasteiger partial charge < -0.3 is 4.74 Å². The van der Waals surface area contributed by atoms with E-state index < -0.39 is 0 Å². The van der Waals surface area contributed by atoms with Crippen molar-refractivity contribution in [2.45, 2.75) is 0 Å². The Balaban J connectivity index is 2.68. The number of esters is 1. The molecule has 16 heavy (non-hydrogen) atoms. The minimum Gasteiger partial charge on any atom is -0.465 e. The van der Waals surface area contributed by atoms with Crippen LogP contribution >= 0.6 is 0 Å². The first-order valence-corrected chi connectivity index (χ1v) is 5.00. The fourth-order valence-electron chi connectivity index (χ4n) is 1.72. The van der Waals surface area contributed by atoms with E-state index in [-0.39, 0.29) is 5.97 Å². The molecule has 0 fully saturated rings. The number of ether oxygens (including phenoxy) is 1. The molecule has 2 nitrogen and oxygen atoms in total. The summed E-state index contributed by atoms with van der Waals surface area (Å²) in [6.07, 6.45) is 1.78. The number of carbonyl (C=O) groups is 1. The molecule has 0 saturated heterocycles. The quantitative estimate of drug-likeness (QED) is 0.714. The van der Waals surface area contributed by atoms with Gasteiger partial charge in [-0.2, -0.15) is 0 Å². The molecule has 2 rings (SSSR count). The summed E-state index contributed by atoms with van der Waals surface area (Å²) in [5.41, 5.74) is 1.58. The Morgan fingerprint density at radius 1 is 1.31 bits per heavy atom. The maximum atomic E-state index is 11.4. The van der Waals surface area contributed by atoms with Crippen molar-refractivity contribution < 1.29 is 9.53 Å². The lowest BCUT2D eigenvalue weighted by Gasteiger charge is -2.04. The van der Waals surface area contributed by atoms with Crippen LogP contribution in [-0.2, 0) is 4.74 Å². The van der Waals surface area contributed by atoms with E-state index in [4.69, 9.17) is 4.74 Å². The summed E-state index contributed by atoms with van der Waals surface area (Å²) in [5, 5.41) is 2.10. The summed E-state index contributed by atoms with van der Waals surface area (Å²) < 4.78 is 4.69. The summed E-state index contributed by atoms with van der Waals surface area (Å²) in [6, 6.07) is 11.4. The fourth-order valence-corrected chi connectivity index (χ4v) is 1.72. The predicted molar refractivity (Wildman–Crippen MR) is 65.4 cm³/mol. The average molecular weight is 212 g/mol. The summed E-state index contributed by atoms with van der Waals surface area (Å²) >= 11 is 0. The highest BCUT2D eigenvalue weighted by Crippen LogP contribution is 2.21. The van der Waals surface area contributed by atoms with E-state index in [1.54, 1.807) is 12.1 Å². The zero-order valence-electron chi connectivity index (χ0n) is 9.07. The molecule has 0 unspecified atom stereocenters. The lowest BCUT2D eigenvalue weighted by Crippen LogP contribution is -2.00. The molecule has 0 saturated carbocycles. The molecular formula is C14H12O2. The molecular weight excluding hydrogens is 200 g/mol. The molecule has 0 aliphatic rings. The molecule has 0 aromatic heterocycles. The van der Waals surface area contributed by atoms with Gasteiger partial charge >= 0.3 is 5.97 Å². The number of methoxy groups -OCH3 is 1. The normalized spacial score (nSPS) is 10.1. The van der Waals surface area contributed by atoms with E-state index in [1.807, 2.05) is 30.3 Å². The third-order valence-electron chi connectivity index (χ3n) is 2.56. The van der Waals surface area contributed by atoms with Gasteiger partial charge in [0.2, 0.25) is 0 Å². The molecule has 0 N–H and O–H groups in total. The molecule has 0 bridgehead atoms. The second-order valence-corrected chi connectivity index (χ2v) is 3.48. The number of benzene rings is 2. The van der Waals surface area contributed by atoms with Crippen molar-refractivity contribution in [2.24, 2.45) is 0 Å². The zero-order chi connectivity index (χ0) is 11.5. The third kappa shape index (κ3) is 1.70. The molecule has 0 radical (unpaired) electrons. The van der Waals surface area contributed by atoms with Gasteiger partial charge in [-0.1, -0.05) is 36.9 Å². The Hall–Kier alpha value is -2.09. The van der Waals surface area contributed by atoms with Crippen LogP contribution in [0.5, 0.6) is 0 Å². The maximum Gasteiger partial charge on any atom is 0.337 e. The third-order valence-corrected chi connectivity index (χ3v) is 2.56. The highest BCUT2D eigenvalue weighted by molar-refractivity contribution is 5.98. The number of fused-ring (bicyclic) bond motifs is 1. The van der Waals surface area contributed by atoms with Gasteiger partial charge in [0.1, 0.15) is 0 Å². The number of hydrogen-bond donors (Lipinski definition) is 0. The van der Waals surface area contributed by atoms with Crippen molar-refractivity contribution in [3.63, 3.8) is 0 Å². The molecule has 0 spiro atoms. The number of rotatable bonds is 2. The van der Waals surface area contributed by atoms with Crippen LogP contribution in [0.1, 0.15) is 15.9 Å². The van der Waals surface area contributed by atoms with Gasteiger partial charge in [-0.15, -0.1) is 0 Å². The molecule has 0 aliphatic heterocycles. The Morgan fingerprint density at radius 2 is 2.12 bits per heavy atom. The van der Waals surface area contributed by atoms with Crippen LogP contribution in [0.25, 0.3) is 16.8 Å². The molecule has 0 aliphatic carbocycles. The minimum atomic E-state index is -0.319. The Bertz CT molecular complexity index is 556. The number of carbonyl (C=O) groups excluding carboxylic acids is 1. The van der Waals surface area contributed by atoms with E-state index in [0.717, 1.165) is 16.3 Å². The van der Waals surface area contributed by atoms with Gasteiger partial charge in [-0.05, 0) is 28.5 Å². The molecule has 2 aromatic carbocycles. The van der Waals surface area contributed by atoms with E-state index >= 15 is 0 Å². The summed E-state index contributed by atoms with van der Waals surface area (Å²) in [4.78, 5) is 11.4. The second-order valence-electron chi connectivity index (χ2n) is 3.48. The van der Waals surface area contributed by atoms with Crippen molar-refractivity contribution >= 4 is 22.8 Å². The number of hydrogen-bond acceptors (Lipinski definition) is 2. The standard InChI is InChI=1S/C14H12O2/c1-3-10-5-4-6-11-7-8-12(9-13(10)11)14(15)16-2/h3-9H,1H2,2H3. The molecule has 2 heteroatoms. The van der Waals surface area contributed by atoms with Gasteiger partial charge in [0.25, 0.3) is 0 Å². The summed E-state index contributed by atoms with van der Waals surface area (Å²) in [7, 11) is 1.38. The van der Waals surface area contributed by atoms with Crippen LogP contribution in [0.2, 0.25) is 0 Å². The lowest BCUT2D eigenvalue weighted by atomic mass is 10.0. The van der Waals surface area contributed by atoms with Crippen LogP contribution in [0, 0.1) is 0 Å². The first-order chi connectivity index (χ1) is 7.76. The van der Waals surface area contributed by atoms with E-state index in [9.17, 15) is 4.79 Å². The minimum absolute atomic E-state index is 0.319. The van der Waals surface area contributed by atoms with Crippen LogP contribution < -0.4 is 0 Å². The Labute approximate surface area is 94.2 Å². The highest BCUT2D eigenvalue weighted by Gasteiger charge is 2.06. The Morgan fingerprint density at radius 3 is 2.81 bits per heavy atom. The summed E-state index contributed by atoms with van der Waals surface area (Å²) in [5.74, 6) is -0.319. The molecule has 2 aromatic rings. The van der Waals surface area contributed by atoms with Gasteiger partial charge in [0.05, 0.1) is 12.7 Å². The van der Waals surface area contributed by atoms with Gasteiger partial charge in [-0.25, -0.2) is 4.79 Å². The van der Waals surface area contributed by atoms with Crippen LogP contribution in [0.4, 0.5) is 0 Å². The molecule has 0 amide bonds. The monoisotopic (exact) mass is 212 g/mol. The molecule has 80 valence electrons. The highest BCUT2D eigenvalue weighted by atomic mass is 16.5. The smallest absolute Gasteiger partial charge is 0.337 e. The zero-order valence-corrected chi connectivity index (χ0v) is 9.07. The van der Waals surface area contributed by atoms with Crippen LogP contribution in [-0.4, -0.2) is 13.1 Å². The maximum absolute atomic E-state index is 11.4. The Kier molecular flexibility index (Phi) is 2.73. The van der Waals surface area contributed by atoms with E-state index in [2.05, 4.69) is 6.58 Å². The van der Waals surface area contributed by atoms with E-state index in [0.29, 0.717) is 5.56 Å². The first-order valence-electron chi connectivity index (χ1n) is 5.00. The van der Waals surface area contributed by atoms with Crippen molar-refractivity contribution in [3.8, 4) is 0 Å². The largest absolute Gasteiger partial charge is 0.465 e. The first kappa shape index (κ1) is 10.4. The topological polar surface area (TPSA) is 26.3 Å². The van der Waals surface area contributed by atoms with Crippen molar-refractivity contribution in [3.05, 3.63) is 54.1 Å². The van der Waals surface area contributed by atoms with Crippen molar-refractivity contribution in [1.82, 2.24) is 0 Å². The fraction of sp³-hybridized carbons (Fsp3) is 0.0714. The van der Waals surface area contributed by atoms with Crippen molar-refractivity contribution in [1.29, 1.82) is 0 Å². The van der Waals surface area contributed by atoms with Crippen LogP contribution in [0.3, 0.4) is 0 Å². The average Bonchev–Trinajstić information content (AvgIpc) is 2.36. The lowest BCUT2D eigenvalue weighted by molar-refractivity contribution is 0.0601. The molecule has 0 heterocycles. The summed E-state index contributed by atoms with van der Waals surface area (Å²) in [6.45, 7) is 3.76.